The highest BCUT2D eigenvalue weighted by Crippen LogP contribution is 2.35. The summed E-state index contributed by atoms with van der Waals surface area (Å²) in [5.41, 5.74) is 3.60. The fourth-order valence-corrected chi connectivity index (χ4v) is 5.52. The Bertz CT molecular complexity index is 729. The first kappa shape index (κ1) is 17.6. The van der Waals surface area contributed by atoms with Crippen LogP contribution in [0.4, 0.5) is 0 Å². The first-order chi connectivity index (χ1) is 11.0. The number of rotatable bonds is 3. The summed E-state index contributed by atoms with van der Waals surface area (Å²) in [4.78, 5) is 0. The summed E-state index contributed by atoms with van der Waals surface area (Å²) in [6.07, 6.45) is 1.80. The van der Waals surface area contributed by atoms with Crippen molar-refractivity contribution in [1.29, 1.82) is 0 Å². The third-order valence-electron chi connectivity index (χ3n) is 4.07. The highest BCUT2D eigenvalue weighted by atomic mass is 127. The van der Waals surface area contributed by atoms with Gasteiger partial charge in [0.05, 0.1) is 19.3 Å². The first-order valence-corrected chi connectivity index (χ1v) is 9.79. The van der Waals surface area contributed by atoms with Gasteiger partial charge in [0.25, 0.3) is 0 Å². The third kappa shape index (κ3) is 3.72. The van der Waals surface area contributed by atoms with Crippen LogP contribution in [0.5, 0.6) is 11.5 Å². The zero-order chi connectivity index (χ0) is 16.6. The molecule has 2 N–H and O–H groups in total. The van der Waals surface area contributed by atoms with Crippen LogP contribution in [-0.4, -0.2) is 18.8 Å². The Morgan fingerprint density at radius 1 is 1.26 bits per heavy atom. The van der Waals surface area contributed by atoms with Gasteiger partial charge < -0.3 is 15.2 Å². The Labute approximate surface area is 168 Å². The average Bonchev–Trinajstić information content (AvgIpc) is 2.49. The van der Waals surface area contributed by atoms with Crippen LogP contribution in [0, 0.1) is 7.14 Å². The van der Waals surface area contributed by atoms with Gasteiger partial charge in [0.1, 0.15) is 11.5 Å². The minimum Gasteiger partial charge on any atom is -0.506 e. The second kappa shape index (κ2) is 7.33. The molecule has 0 fully saturated rings. The van der Waals surface area contributed by atoms with Gasteiger partial charge in [0.15, 0.2) is 0 Å². The number of halogens is 3. The summed E-state index contributed by atoms with van der Waals surface area (Å²) in [5, 5.41) is 13.9. The summed E-state index contributed by atoms with van der Waals surface area (Å²) in [6, 6.07) is 8.19. The van der Waals surface area contributed by atoms with Gasteiger partial charge >= 0.3 is 0 Å². The minimum absolute atomic E-state index is 0.151. The van der Waals surface area contributed by atoms with Gasteiger partial charge in [-0.25, -0.2) is 0 Å². The van der Waals surface area contributed by atoms with Gasteiger partial charge in [-0.05, 0) is 106 Å². The molecule has 2 aromatic rings. The predicted octanol–water partition coefficient (Wildman–Crippen LogP) is 4.69. The number of phenols is 1. The predicted molar refractivity (Wildman–Crippen MR) is 110 cm³/mol. The summed E-state index contributed by atoms with van der Waals surface area (Å²) < 4.78 is 7.65. The fraction of sp³-hybridized carbons (Fsp3) is 0.294. The summed E-state index contributed by atoms with van der Waals surface area (Å²) >= 11 is 10.7. The zero-order valence-corrected chi connectivity index (χ0v) is 17.6. The first-order valence-electron chi connectivity index (χ1n) is 7.26. The topological polar surface area (TPSA) is 41.5 Å². The lowest BCUT2D eigenvalue weighted by atomic mass is 9.90. The lowest BCUT2D eigenvalue weighted by Gasteiger charge is -2.28. The lowest BCUT2D eigenvalue weighted by Crippen LogP contribution is -2.31. The monoisotopic (exact) mass is 555 g/mol. The number of nitrogens with one attached hydrogen (secondary N) is 1. The lowest BCUT2D eigenvalue weighted by molar-refractivity contribution is 0.408. The second-order valence-electron chi connectivity index (χ2n) is 5.56. The van der Waals surface area contributed by atoms with Gasteiger partial charge in [-0.3, -0.25) is 0 Å². The van der Waals surface area contributed by atoms with E-state index in [9.17, 15) is 5.11 Å². The molecule has 0 aromatic heterocycles. The Hall–Kier alpha value is -0.250. The maximum absolute atomic E-state index is 9.94. The molecule has 1 aliphatic rings. The van der Waals surface area contributed by atoms with Crippen molar-refractivity contribution in [2.24, 2.45) is 0 Å². The molecule has 1 atom stereocenters. The summed E-state index contributed by atoms with van der Waals surface area (Å²) in [6.45, 7) is 0.920. The molecule has 23 heavy (non-hydrogen) atoms. The Balaban J connectivity index is 1.92. The quantitative estimate of drug-likeness (QED) is 0.540. The van der Waals surface area contributed by atoms with E-state index in [1.165, 1.54) is 11.1 Å². The molecule has 2 aromatic carbocycles. The molecule has 0 bridgehead atoms. The van der Waals surface area contributed by atoms with Crippen LogP contribution in [0.15, 0.2) is 24.3 Å². The molecule has 122 valence electrons. The number of fused-ring (bicyclic) bond motifs is 1. The van der Waals surface area contributed by atoms with E-state index in [1.807, 2.05) is 6.07 Å². The molecular weight excluding hydrogens is 539 g/mol. The van der Waals surface area contributed by atoms with Crippen LogP contribution in [0.1, 0.15) is 22.7 Å². The molecule has 1 heterocycles. The van der Waals surface area contributed by atoms with Crippen molar-refractivity contribution in [3.05, 3.63) is 53.1 Å². The van der Waals surface area contributed by atoms with Gasteiger partial charge in [-0.1, -0.05) is 11.6 Å². The molecule has 0 radical (unpaired) electrons. The number of phenolic OH excluding ortho intramolecular Hbond substituents is 1. The van der Waals surface area contributed by atoms with Crippen LogP contribution >= 0.6 is 56.8 Å². The molecule has 0 aliphatic carbocycles. The number of hydrogen-bond acceptors (Lipinski definition) is 3. The number of hydrogen-bond donors (Lipinski definition) is 2. The van der Waals surface area contributed by atoms with E-state index in [0.29, 0.717) is 5.02 Å². The van der Waals surface area contributed by atoms with E-state index in [1.54, 1.807) is 13.2 Å². The van der Waals surface area contributed by atoms with E-state index in [-0.39, 0.29) is 11.8 Å². The van der Waals surface area contributed by atoms with E-state index < -0.39 is 0 Å². The maximum Gasteiger partial charge on any atom is 0.145 e. The number of aromatic hydroxyl groups is 1. The molecular formula is C17H16ClI2NO2. The van der Waals surface area contributed by atoms with Crippen molar-refractivity contribution in [2.45, 2.75) is 18.9 Å². The van der Waals surface area contributed by atoms with Crippen LogP contribution in [0.25, 0.3) is 0 Å². The van der Waals surface area contributed by atoms with Crippen molar-refractivity contribution >= 4 is 56.8 Å². The molecule has 1 aliphatic heterocycles. The van der Waals surface area contributed by atoms with Crippen molar-refractivity contribution in [2.75, 3.05) is 13.7 Å². The standard InChI is InChI=1S/C17H16ClI2NO2/c1-23-17-13(19)4-9(5-14(17)20)6-15-11-8-16(22)12(18)7-10(11)2-3-21-15/h4-5,7-8,15,21-22H,2-3,6H2,1H3. The molecule has 0 saturated carbocycles. The molecule has 0 amide bonds. The zero-order valence-electron chi connectivity index (χ0n) is 12.5. The maximum atomic E-state index is 9.94. The molecule has 6 heteroatoms. The average molecular weight is 556 g/mol. The molecule has 3 rings (SSSR count). The second-order valence-corrected chi connectivity index (χ2v) is 8.29. The van der Waals surface area contributed by atoms with Crippen molar-refractivity contribution in [3.63, 3.8) is 0 Å². The summed E-state index contributed by atoms with van der Waals surface area (Å²) in [5.74, 6) is 1.08. The van der Waals surface area contributed by atoms with Gasteiger partial charge in [-0.2, -0.15) is 0 Å². The SMILES string of the molecule is COc1c(I)cc(CC2NCCc3cc(Cl)c(O)cc32)cc1I. The van der Waals surface area contributed by atoms with Crippen molar-refractivity contribution in [1.82, 2.24) is 5.32 Å². The molecule has 0 spiro atoms. The van der Waals surface area contributed by atoms with Gasteiger partial charge in [0.2, 0.25) is 0 Å². The Morgan fingerprint density at radius 2 is 1.96 bits per heavy atom. The van der Waals surface area contributed by atoms with E-state index in [0.717, 1.165) is 37.8 Å². The van der Waals surface area contributed by atoms with E-state index in [2.05, 4.69) is 62.6 Å². The van der Waals surface area contributed by atoms with E-state index >= 15 is 0 Å². The normalized spacial score (nSPS) is 17.0. The number of benzene rings is 2. The van der Waals surface area contributed by atoms with Crippen LogP contribution in [0.3, 0.4) is 0 Å². The third-order valence-corrected chi connectivity index (χ3v) is 5.98. The number of methoxy groups -OCH3 is 1. The Kier molecular flexibility index (Phi) is 5.60. The summed E-state index contributed by atoms with van der Waals surface area (Å²) in [7, 11) is 1.70. The van der Waals surface area contributed by atoms with Crippen LogP contribution in [0.2, 0.25) is 5.02 Å². The number of ether oxygens (including phenoxy) is 1. The fourth-order valence-electron chi connectivity index (χ4n) is 2.99. The van der Waals surface area contributed by atoms with Crippen molar-refractivity contribution in [3.8, 4) is 11.5 Å². The Morgan fingerprint density at radius 3 is 2.61 bits per heavy atom. The van der Waals surface area contributed by atoms with E-state index in [4.69, 9.17) is 16.3 Å². The molecule has 3 nitrogen and oxygen atoms in total. The highest BCUT2D eigenvalue weighted by Gasteiger charge is 2.22. The van der Waals surface area contributed by atoms with Crippen LogP contribution < -0.4 is 10.1 Å². The molecule has 1 unspecified atom stereocenters. The largest absolute Gasteiger partial charge is 0.506 e. The smallest absolute Gasteiger partial charge is 0.145 e. The van der Waals surface area contributed by atoms with Gasteiger partial charge in [-0.15, -0.1) is 0 Å². The van der Waals surface area contributed by atoms with Gasteiger partial charge in [0, 0.05) is 6.04 Å². The highest BCUT2D eigenvalue weighted by molar-refractivity contribution is 14.1. The van der Waals surface area contributed by atoms with Crippen LogP contribution in [-0.2, 0) is 12.8 Å². The molecule has 0 saturated heterocycles. The minimum atomic E-state index is 0.151. The van der Waals surface area contributed by atoms with Crippen molar-refractivity contribution < 1.29 is 9.84 Å².